The summed E-state index contributed by atoms with van der Waals surface area (Å²) in [6, 6.07) is 8.23. The zero-order valence-electron chi connectivity index (χ0n) is 33.5. The average molecular weight is 849 g/mol. The fourth-order valence-electron chi connectivity index (χ4n) is 5.16. The van der Waals surface area contributed by atoms with Crippen molar-refractivity contribution in [3.63, 3.8) is 0 Å². The molecule has 2 aromatic carbocycles. The third-order valence-corrected chi connectivity index (χ3v) is 10.0. The van der Waals surface area contributed by atoms with Gasteiger partial charge in [0.25, 0.3) is 11.4 Å². The number of hydrogen-bond donors (Lipinski definition) is 4. The molecule has 0 unspecified atom stereocenters. The highest BCUT2D eigenvalue weighted by Crippen LogP contribution is 2.34. The first-order chi connectivity index (χ1) is 27.5. The standard InChI is InChI=1S/C20H26N2O5S.C8H5NO4.C6H15N.C6H10O3S/c1-3-4-5-6-9-21-12-15-11-17(22(26)27)7-8-18(15)19(21)28-13-16(20(24)25)10-14(2)23;10-4-6-1-2-8(9(12)13)3-7(6)5-11;1-2-3-4-5-6-7;1-4(7)2-5(3-10)6(8)9/h7-8,11-12,16H,3-6,9-10,13H2,1-2H3,(H,24,25);1-5H;2-7H2,1H3;5,10H,2-3H2,1H3,(H,8,9)/t16-;;;5-/m0..0/s1. The van der Waals surface area contributed by atoms with Crippen LogP contribution in [0.25, 0.3) is 10.8 Å². The van der Waals surface area contributed by atoms with Crippen LogP contribution >= 0.6 is 24.4 Å². The van der Waals surface area contributed by atoms with Gasteiger partial charge in [-0.15, -0.1) is 11.8 Å². The maximum atomic E-state index is 11.5. The summed E-state index contributed by atoms with van der Waals surface area (Å²) in [4.78, 5) is 84.5. The summed E-state index contributed by atoms with van der Waals surface area (Å²) in [5.41, 5.74) is 5.29. The fraction of sp³-hybridized carbons (Fsp3) is 0.500. The fourth-order valence-corrected chi connectivity index (χ4v) is 6.72. The number of unbranched alkanes of at least 4 members (excludes halogenated alkanes) is 6. The van der Waals surface area contributed by atoms with E-state index < -0.39 is 33.6 Å². The molecular formula is C40H56N4O12S2. The van der Waals surface area contributed by atoms with E-state index in [-0.39, 0.29) is 58.4 Å². The predicted molar refractivity (Wildman–Crippen MR) is 227 cm³/mol. The van der Waals surface area contributed by atoms with Crippen molar-refractivity contribution in [3.8, 4) is 0 Å². The Morgan fingerprint density at radius 1 is 0.793 bits per heavy atom. The molecule has 0 saturated heterocycles. The van der Waals surface area contributed by atoms with Crippen LogP contribution in [0.15, 0.2) is 47.6 Å². The lowest BCUT2D eigenvalue weighted by Gasteiger charge is -2.13. The molecule has 320 valence electrons. The van der Waals surface area contributed by atoms with E-state index in [0.29, 0.717) is 12.6 Å². The third kappa shape index (κ3) is 21.0. The second kappa shape index (κ2) is 30.2. The van der Waals surface area contributed by atoms with E-state index >= 15 is 0 Å². The number of benzene rings is 2. The molecule has 58 heavy (non-hydrogen) atoms. The van der Waals surface area contributed by atoms with Crippen LogP contribution in [-0.2, 0) is 25.7 Å². The van der Waals surface area contributed by atoms with Crippen molar-refractivity contribution in [2.75, 3.05) is 18.1 Å². The zero-order valence-corrected chi connectivity index (χ0v) is 35.2. The number of nitro groups is 2. The number of thioether (sulfide) groups is 1. The van der Waals surface area contributed by atoms with Crippen molar-refractivity contribution >= 4 is 82.6 Å². The van der Waals surface area contributed by atoms with E-state index in [1.54, 1.807) is 12.1 Å². The van der Waals surface area contributed by atoms with E-state index in [4.69, 9.17) is 10.8 Å². The summed E-state index contributed by atoms with van der Waals surface area (Å²) in [5, 5.41) is 41.7. The predicted octanol–water partition coefficient (Wildman–Crippen LogP) is 8.24. The molecular weight excluding hydrogens is 793 g/mol. The Labute approximate surface area is 348 Å². The van der Waals surface area contributed by atoms with Crippen molar-refractivity contribution in [2.24, 2.45) is 17.6 Å². The van der Waals surface area contributed by atoms with Crippen LogP contribution in [0.1, 0.15) is 113 Å². The molecule has 0 amide bonds. The number of carbonyl (C=O) groups is 6. The van der Waals surface area contributed by atoms with E-state index in [1.165, 1.54) is 69.5 Å². The van der Waals surface area contributed by atoms with Gasteiger partial charge in [-0.25, -0.2) is 0 Å². The minimum atomic E-state index is -0.983. The van der Waals surface area contributed by atoms with Gasteiger partial charge >= 0.3 is 11.9 Å². The lowest BCUT2D eigenvalue weighted by atomic mass is 10.1. The normalized spacial score (nSPS) is 11.3. The van der Waals surface area contributed by atoms with Crippen LogP contribution in [0.4, 0.5) is 11.4 Å². The van der Waals surface area contributed by atoms with Gasteiger partial charge in [-0.1, -0.05) is 52.4 Å². The quantitative estimate of drug-likeness (QED) is 0.0175. The topological polar surface area (TPSA) is 260 Å². The van der Waals surface area contributed by atoms with E-state index in [9.17, 15) is 54.1 Å². The lowest BCUT2D eigenvalue weighted by Crippen LogP contribution is -2.19. The number of nitrogens with two attached hydrogens (primary N) is 1. The van der Waals surface area contributed by atoms with Crippen LogP contribution in [0.3, 0.4) is 0 Å². The molecule has 0 radical (unpaired) electrons. The second-order valence-corrected chi connectivity index (χ2v) is 14.6. The number of ketones is 2. The summed E-state index contributed by atoms with van der Waals surface area (Å²) in [6.45, 7) is 8.75. The first-order valence-electron chi connectivity index (χ1n) is 18.9. The van der Waals surface area contributed by atoms with Crippen molar-refractivity contribution < 1.29 is 48.8 Å². The van der Waals surface area contributed by atoms with Gasteiger partial charge in [0.1, 0.15) is 11.6 Å². The number of rotatable bonds is 23. The molecule has 0 aliphatic heterocycles. The van der Waals surface area contributed by atoms with Crippen LogP contribution in [0, 0.1) is 32.1 Å². The molecule has 16 nitrogen and oxygen atoms in total. The summed E-state index contributed by atoms with van der Waals surface area (Å²) in [5.74, 6) is -3.08. The number of aryl methyl sites for hydroxylation is 1. The van der Waals surface area contributed by atoms with Gasteiger partial charge in [-0.3, -0.25) is 39.4 Å². The molecule has 2 atom stereocenters. The zero-order chi connectivity index (χ0) is 44.2. The number of Topliss-reactive ketones (excluding diaryl/α,β-unsaturated/α-hetero) is 2. The van der Waals surface area contributed by atoms with Crippen molar-refractivity contribution in [3.05, 3.63) is 74.0 Å². The Hall–Kier alpha value is -4.94. The Morgan fingerprint density at radius 3 is 1.76 bits per heavy atom. The minimum Gasteiger partial charge on any atom is -0.481 e. The first-order valence-corrected chi connectivity index (χ1v) is 20.5. The van der Waals surface area contributed by atoms with Crippen LogP contribution in [0.5, 0.6) is 0 Å². The highest BCUT2D eigenvalue weighted by molar-refractivity contribution is 7.99. The van der Waals surface area contributed by atoms with Gasteiger partial charge in [-0.05, 0) is 45.4 Å². The van der Waals surface area contributed by atoms with Crippen LogP contribution in [-0.4, -0.2) is 78.8 Å². The average Bonchev–Trinajstić information content (AvgIpc) is 3.53. The largest absolute Gasteiger partial charge is 0.481 e. The van der Waals surface area contributed by atoms with Gasteiger partial charge in [-0.2, -0.15) is 12.6 Å². The number of nitro benzene ring substituents is 2. The van der Waals surface area contributed by atoms with Crippen molar-refractivity contribution in [2.45, 2.75) is 103 Å². The Kier molecular flexibility index (Phi) is 27.6. The highest BCUT2D eigenvalue weighted by Gasteiger charge is 2.22. The molecule has 0 fully saturated rings. The molecule has 0 saturated carbocycles. The molecule has 0 aliphatic carbocycles. The highest BCUT2D eigenvalue weighted by atomic mass is 32.2. The Morgan fingerprint density at radius 2 is 1.31 bits per heavy atom. The number of carbonyl (C=O) groups excluding carboxylic acids is 4. The number of aromatic nitrogens is 1. The maximum Gasteiger partial charge on any atom is 0.307 e. The molecule has 1 aromatic heterocycles. The maximum absolute atomic E-state index is 11.5. The Bertz CT molecular complexity index is 1810. The summed E-state index contributed by atoms with van der Waals surface area (Å²) in [6.07, 6.45) is 12.4. The van der Waals surface area contributed by atoms with Gasteiger partial charge in [0.15, 0.2) is 12.6 Å². The van der Waals surface area contributed by atoms with E-state index in [0.717, 1.165) is 60.6 Å². The van der Waals surface area contributed by atoms with Gasteiger partial charge < -0.3 is 30.1 Å². The number of hydrogen-bond acceptors (Lipinski definition) is 13. The number of carboxylic acids is 2. The molecule has 3 aromatic rings. The van der Waals surface area contributed by atoms with Crippen LogP contribution < -0.4 is 5.73 Å². The second-order valence-electron chi connectivity index (χ2n) is 13.2. The number of thiol groups is 1. The van der Waals surface area contributed by atoms with E-state index in [1.807, 2.05) is 6.20 Å². The van der Waals surface area contributed by atoms with Crippen molar-refractivity contribution in [1.29, 1.82) is 0 Å². The SMILES string of the molecule is CC(=O)C[C@@H](CS)C(=O)O.CCCCCCN.CCCCCCn1cc2cc([N+](=O)[O-])ccc2c1SC[C@H](CC(C)=O)C(=O)O.O=Cc1ccc([N+](=O)[O-])cc1C=O. The molecule has 4 N–H and O–H groups in total. The third-order valence-electron chi connectivity index (χ3n) is 8.29. The molecule has 1 heterocycles. The summed E-state index contributed by atoms with van der Waals surface area (Å²) in [7, 11) is 0. The van der Waals surface area contributed by atoms with Crippen LogP contribution in [0.2, 0.25) is 0 Å². The number of aliphatic carboxylic acids is 2. The number of nitrogens with zero attached hydrogens (tertiary/aromatic N) is 3. The van der Waals surface area contributed by atoms with Gasteiger partial charge in [0.2, 0.25) is 0 Å². The lowest BCUT2D eigenvalue weighted by molar-refractivity contribution is -0.385. The first kappa shape index (κ1) is 53.1. The van der Waals surface area contributed by atoms with Gasteiger partial charge in [0, 0.05) is 83.3 Å². The molecule has 18 heteroatoms. The summed E-state index contributed by atoms with van der Waals surface area (Å²) >= 11 is 5.20. The summed E-state index contributed by atoms with van der Waals surface area (Å²) < 4.78 is 2.06. The molecule has 0 bridgehead atoms. The number of carboxylic acid groups (broad SMARTS) is 2. The minimum absolute atomic E-state index is 0.00292. The number of fused-ring (bicyclic) bond motifs is 1. The molecule has 3 rings (SSSR count). The van der Waals surface area contributed by atoms with Crippen molar-refractivity contribution in [1.82, 2.24) is 4.57 Å². The van der Waals surface area contributed by atoms with E-state index in [2.05, 4.69) is 31.0 Å². The molecule has 0 aliphatic rings. The molecule has 0 spiro atoms. The number of non-ortho nitro benzene ring substituents is 2. The van der Waals surface area contributed by atoms with Gasteiger partial charge in [0.05, 0.1) is 26.7 Å². The monoisotopic (exact) mass is 848 g/mol. The number of aldehydes is 2. The Balaban J connectivity index is 0.000000890. The smallest absolute Gasteiger partial charge is 0.307 e.